The number of nitrogens with zero attached hydrogens (tertiary/aromatic N) is 1. The first-order valence-corrected chi connectivity index (χ1v) is 4.04. The summed E-state index contributed by atoms with van der Waals surface area (Å²) in [5.41, 5.74) is 1.47. The molecule has 3 rings (SSSR count). The van der Waals surface area contributed by atoms with Gasteiger partial charge in [-0.15, -0.1) is 0 Å². The highest BCUT2D eigenvalue weighted by atomic mass is 16.4. The van der Waals surface area contributed by atoms with Gasteiger partial charge in [-0.25, -0.2) is 4.79 Å². The molecule has 1 heterocycles. The SMILES string of the molecule is O=C(O)c1n[nH]c2c1C1C(=O)C1C2. The van der Waals surface area contributed by atoms with E-state index in [9.17, 15) is 9.59 Å². The van der Waals surface area contributed by atoms with Crippen LogP contribution in [0.25, 0.3) is 0 Å². The van der Waals surface area contributed by atoms with Crippen LogP contribution in [0.15, 0.2) is 0 Å². The predicted octanol–water partition coefficient (Wildman–Crippen LogP) is -0.0535. The molecule has 0 aliphatic heterocycles. The number of carboxylic acids is 1. The molecule has 0 radical (unpaired) electrons. The van der Waals surface area contributed by atoms with E-state index in [4.69, 9.17) is 5.11 Å². The van der Waals surface area contributed by atoms with E-state index in [0.29, 0.717) is 12.0 Å². The van der Waals surface area contributed by atoms with Crippen molar-refractivity contribution in [2.24, 2.45) is 5.92 Å². The standard InChI is InChI=1S/C8H6N2O3/c11-7-2-1-3-5(4(2)7)6(8(12)13)10-9-3/h2,4H,1H2,(H,9,10)(H,12,13). The van der Waals surface area contributed by atoms with E-state index in [-0.39, 0.29) is 23.3 Å². The predicted molar refractivity (Wildman–Crippen MR) is 40.5 cm³/mol. The van der Waals surface area contributed by atoms with Gasteiger partial charge < -0.3 is 5.11 Å². The summed E-state index contributed by atoms with van der Waals surface area (Å²) >= 11 is 0. The van der Waals surface area contributed by atoms with E-state index in [1.54, 1.807) is 0 Å². The number of carbonyl (C=O) groups excluding carboxylic acids is 1. The average molecular weight is 178 g/mol. The molecule has 5 heteroatoms. The lowest BCUT2D eigenvalue weighted by Gasteiger charge is -1.91. The highest BCUT2D eigenvalue weighted by Gasteiger charge is 2.58. The molecule has 2 aliphatic carbocycles. The van der Waals surface area contributed by atoms with Crippen molar-refractivity contribution in [3.63, 3.8) is 0 Å². The Morgan fingerprint density at radius 1 is 1.62 bits per heavy atom. The summed E-state index contributed by atoms with van der Waals surface area (Å²) in [4.78, 5) is 21.8. The molecule has 0 bridgehead atoms. The molecule has 0 saturated heterocycles. The number of carboxylic acid groups (broad SMARTS) is 1. The maximum atomic E-state index is 11.1. The van der Waals surface area contributed by atoms with Gasteiger partial charge in [-0.1, -0.05) is 0 Å². The Morgan fingerprint density at radius 2 is 2.38 bits per heavy atom. The molecule has 1 aromatic rings. The molecule has 0 spiro atoms. The molecular formula is C8H6N2O3. The van der Waals surface area contributed by atoms with Crippen molar-refractivity contribution in [2.75, 3.05) is 0 Å². The van der Waals surface area contributed by atoms with Crippen LogP contribution in [0.5, 0.6) is 0 Å². The first-order chi connectivity index (χ1) is 6.20. The second-order valence-electron chi connectivity index (χ2n) is 3.46. The number of rotatable bonds is 1. The number of aromatic amines is 1. The summed E-state index contributed by atoms with van der Waals surface area (Å²) in [5.74, 6) is -1.02. The van der Waals surface area contributed by atoms with E-state index in [1.165, 1.54) is 0 Å². The minimum atomic E-state index is -1.06. The Morgan fingerprint density at radius 3 is 3.08 bits per heavy atom. The van der Waals surface area contributed by atoms with Gasteiger partial charge in [0.25, 0.3) is 0 Å². The third-order valence-electron chi connectivity index (χ3n) is 2.79. The lowest BCUT2D eigenvalue weighted by atomic mass is 10.1. The molecule has 13 heavy (non-hydrogen) atoms. The van der Waals surface area contributed by atoms with Crippen molar-refractivity contribution in [2.45, 2.75) is 12.3 Å². The smallest absolute Gasteiger partial charge is 0.356 e. The van der Waals surface area contributed by atoms with Crippen LogP contribution in [0.1, 0.15) is 27.7 Å². The van der Waals surface area contributed by atoms with Crippen LogP contribution >= 0.6 is 0 Å². The largest absolute Gasteiger partial charge is 0.476 e. The number of Topliss-reactive ketones (excluding diaryl/α,β-unsaturated/α-hetero) is 1. The van der Waals surface area contributed by atoms with Crippen molar-refractivity contribution in [1.82, 2.24) is 10.2 Å². The van der Waals surface area contributed by atoms with E-state index >= 15 is 0 Å². The number of nitrogens with one attached hydrogen (secondary N) is 1. The third kappa shape index (κ3) is 0.649. The molecule has 0 aromatic carbocycles. The van der Waals surface area contributed by atoms with Gasteiger partial charge in [-0.3, -0.25) is 9.89 Å². The van der Waals surface area contributed by atoms with Gasteiger partial charge in [0.15, 0.2) is 5.69 Å². The summed E-state index contributed by atoms with van der Waals surface area (Å²) < 4.78 is 0. The molecule has 2 unspecified atom stereocenters. The summed E-state index contributed by atoms with van der Waals surface area (Å²) in [6.07, 6.45) is 0.638. The fourth-order valence-electron chi connectivity index (χ4n) is 2.11. The topological polar surface area (TPSA) is 83.0 Å². The summed E-state index contributed by atoms with van der Waals surface area (Å²) in [6, 6.07) is 0. The van der Waals surface area contributed by atoms with Crippen LogP contribution in [-0.4, -0.2) is 27.1 Å². The van der Waals surface area contributed by atoms with E-state index in [1.807, 2.05) is 0 Å². The van der Waals surface area contributed by atoms with Gasteiger partial charge in [-0.05, 0) is 0 Å². The monoisotopic (exact) mass is 178 g/mol. The van der Waals surface area contributed by atoms with Crippen molar-refractivity contribution in [3.8, 4) is 0 Å². The Kier molecular flexibility index (Phi) is 0.951. The second kappa shape index (κ2) is 1.81. The molecule has 5 nitrogen and oxygen atoms in total. The normalized spacial score (nSPS) is 28.5. The average Bonchev–Trinajstić information content (AvgIpc) is 2.50. The Bertz CT molecular complexity index is 435. The first-order valence-electron chi connectivity index (χ1n) is 4.04. The van der Waals surface area contributed by atoms with Crippen LogP contribution in [0.4, 0.5) is 0 Å². The molecule has 2 N–H and O–H groups in total. The molecule has 66 valence electrons. The maximum absolute atomic E-state index is 11.1. The highest BCUT2D eigenvalue weighted by molar-refractivity contribution is 6.08. The molecular weight excluding hydrogens is 172 g/mol. The maximum Gasteiger partial charge on any atom is 0.356 e. The zero-order valence-corrected chi connectivity index (χ0v) is 6.57. The van der Waals surface area contributed by atoms with Gasteiger partial charge >= 0.3 is 5.97 Å². The molecule has 0 amide bonds. The van der Waals surface area contributed by atoms with Gasteiger partial charge in [0, 0.05) is 23.6 Å². The van der Waals surface area contributed by atoms with E-state index in [0.717, 1.165) is 5.69 Å². The summed E-state index contributed by atoms with van der Waals surface area (Å²) in [6.45, 7) is 0. The van der Waals surface area contributed by atoms with Crippen LogP contribution < -0.4 is 0 Å². The van der Waals surface area contributed by atoms with Crippen LogP contribution in [0, 0.1) is 5.92 Å². The van der Waals surface area contributed by atoms with Gasteiger partial charge in [0.1, 0.15) is 5.78 Å². The fraction of sp³-hybridized carbons (Fsp3) is 0.375. The van der Waals surface area contributed by atoms with Crippen molar-refractivity contribution < 1.29 is 14.7 Å². The van der Waals surface area contributed by atoms with Crippen molar-refractivity contribution in [1.29, 1.82) is 0 Å². The number of hydrogen-bond donors (Lipinski definition) is 2. The number of hydrogen-bond acceptors (Lipinski definition) is 3. The van der Waals surface area contributed by atoms with E-state index in [2.05, 4.69) is 10.2 Å². The lowest BCUT2D eigenvalue weighted by molar-refractivity contribution is -0.111. The van der Waals surface area contributed by atoms with Crippen LogP contribution in [0.3, 0.4) is 0 Å². The minimum Gasteiger partial charge on any atom is -0.476 e. The molecule has 2 aliphatic rings. The first kappa shape index (κ1) is 6.82. The number of aromatic nitrogens is 2. The zero-order chi connectivity index (χ0) is 9.16. The number of carbonyl (C=O) groups is 2. The quantitative estimate of drug-likeness (QED) is 0.631. The third-order valence-corrected chi connectivity index (χ3v) is 2.79. The zero-order valence-electron chi connectivity index (χ0n) is 6.57. The van der Waals surface area contributed by atoms with Gasteiger partial charge in [0.2, 0.25) is 0 Å². The molecule has 1 saturated carbocycles. The number of ketones is 1. The number of fused-ring (bicyclic) bond motifs is 3. The Hall–Kier alpha value is -1.65. The summed E-state index contributed by atoms with van der Waals surface area (Å²) in [7, 11) is 0. The highest BCUT2D eigenvalue weighted by Crippen LogP contribution is 2.53. The van der Waals surface area contributed by atoms with Gasteiger partial charge in [0.05, 0.1) is 5.92 Å². The molecule has 1 aromatic heterocycles. The molecule has 1 fully saturated rings. The van der Waals surface area contributed by atoms with Crippen LogP contribution in [0.2, 0.25) is 0 Å². The van der Waals surface area contributed by atoms with E-state index < -0.39 is 5.97 Å². The summed E-state index contributed by atoms with van der Waals surface area (Å²) in [5, 5.41) is 15.1. The van der Waals surface area contributed by atoms with Crippen LogP contribution in [-0.2, 0) is 11.2 Å². The fourth-order valence-corrected chi connectivity index (χ4v) is 2.11. The van der Waals surface area contributed by atoms with Crippen molar-refractivity contribution in [3.05, 3.63) is 17.0 Å². The minimum absolute atomic E-state index is 0.0216. The molecule has 2 atom stereocenters. The number of aromatic carboxylic acids is 1. The lowest BCUT2D eigenvalue weighted by Crippen LogP contribution is -2.01. The van der Waals surface area contributed by atoms with Gasteiger partial charge in [-0.2, -0.15) is 5.10 Å². The number of H-pyrrole nitrogens is 1. The van der Waals surface area contributed by atoms with Crippen molar-refractivity contribution >= 4 is 11.8 Å². The Balaban J connectivity index is 2.17. The Labute approximate surface area is 72.8 Å². The second-order valence-corrected chi connectivity index (χ2v) is 3.46.